The van der Waals surface area contributed by atoms with Crippen LogP contribution in [0, 0.1) is 23.5 Å². The summed E-state index contributed by atoms with van der Waals surface area (Å²) in [5.41, 5.74) is 1.79. The highest BCUT2D eigenvalue weighted by Crippen LogP contribution is 2.34. The molecule has 1 aromatic carbocycles. The SMILES string of the molecule is CCN(CC)c1ccc(-c2nnc(Sc3c(F)c(F)nc(F)c3F)n2C)cc1. The Morgan fingerprint density at radius 1 is 0.929 bits per heavy atom. The fourth-order valence-electron chi connectivity index (χ4n) is 2.71. The van der Waals surface area contributed by atoms with Gasteiger partial charge in [-0.05, 0) is 49.9 Å². The van der Waals surface area contributed by atoms with Crippen molar-refractivity contribution in [3.63, 3.8) is 0 Å². The molecule has 3 rings (SSSR count). The van der Waals surface area contributed by atoms with E-state index in [1.54, 1.807) is 7.05 Å². The molecule has 2 aromatic heterocycles. The number of anilines is 1. The summed E-state index contributed by atoms with van der Waals surface area (Å²) in [4.78, 5) is 3.87. The first-order chi connectivity index (χ1) is 13.4. The summed E-state index contributed by atoms with van der Waals surface area (Å²) in [5.74, 6) is -6.12. The van der Waals surface area contributed by atoms with Gasteiger partial charge in [-0.2, -0.15) is 13.8 Å². The predicted molar refractivity (Wildman–Crippen MR) is 98.2 cm³/mol. The molecule has 28 heavy (non-hydrogen) atoms. The van der Waals surface area contributed by atoms with Gasteiger partial charge >= 0.3 is 0 Å². The summed E-state index contributed by atoms with van der Waals surface area (Å²) in [6.07, 6.45) is 0. The summed E-state index contributed by atoms with van der Waals surface area (Å²) >= 11 is 0.438. The molecule has 0 saturated heterocycles. The third kappa shape index (κ3) is 3.68. The summed E-state index contributed by atoms with van der Waals surface area (Å²) in [7, 11) is 1.60. The molecule has 0 atom stereocenters. The Kier molecular flexibility index (Phi) is 5.87. The van der Waals surface area contributed by atoms with E-state index in [2.05, 4.69) is 33.9 Å². The molecule has 2 heterocycles. The van der Waals surface area contributed by atoms with Gasteiger partial charge in [0.2, 0.25) is 0 Å². The van der Waals surface area contributed by atoms with Gasteiger partial charge in [-0.15, -0.1) is 10.2 Å². The van der Waals surface area contributed by atoms with Crippen molar-refractivity contribution in [1.29, 1.82) is 0 Å². The predicted octanol–water partition coefficient (Wildman–Crippen LogP) is 4.43. The maximum absolute atomic E-state index is 13.8. The summed E-state index contributed by atoms with van der Waals surface area (Å²) in [5, 5.41) is 7.99. The molecular weight excluding hydrogens is 394 g/mol. The first kappa shape index (κ1) is 20.1. The van der Waals surface area contributed by atoms with Crippen molar-refractivity contribution < 1.29 is 17.6 Å². The average molecular weight is 411 g/mol. The highest BCUT2D eigenvalue weighted by Gasteiger charge is 2.24. The number of nitrogens with zero attached hydrogens (tertiary/aromatic N) is 5. The van der Waals surface area contributed by atoms with Crippen molar-refractivity contribution in [3.05, 3.63) is 47.8 Å². The molecule has 0 aliphatic carbocycles. The Balaban J connectivity index is 1.91. The summed E-state index contributed by atoms with van der Waals surface area (Å²) in [6, 6.07) is 7.60. The van der Waals surface area contributed by atoms with E-state index in [1.165, 1.54) is 4.57 Å². The van der Waals surface area contributed by atoms with E-state index in [1.807, 2.05) is 24.3 Å². The Morgan fingerprint density at radius 3 is 2.04 bits per heavy atom. The highest BCUT2D eigenvalue weighted by molar-refractivity contribution is 7.99. The Hall–Kier alpha value is -2.62. The molecule has 10 heteroatoms. The Labute approximate surface area is 163 Å². The fourth-order valence-corrected chi connectivity index (χ4v) is 3.55. The number of halogens is 4. The highest BCUT2D eigenvalue weighted by atomic mass is 32.2. The van der Waals surface area contributed by atoms with Gasteiger partial charge in [-0.3, -0.25) is 0 Å². The van der Waals surface area contributed by atoms with Crippen LogP contribution in [0.3, 0.4) is 0 Å². The van der Waals surface area contributed by atoms with E-state index in [9.17, 15) is 17.6 Å². The molecule has 0 aliphatic rings. The smallest absolute Gasteiger partial charge is 0.252 e. The fraction of sp³-hybridized carbons (Fsp3) is 0.278. The van der Waals surface area contributed by atoms with E-state index in [-0.39, 0.29) is 5.16 Å². The Morgan fingerprint density at radius 2 is 1.50 bits per heavy atom. The molecule has 0 unspecified atom stereocenters. The normalized spacial score (nSPS) is 11.1. The number of benzene rings is 1. The van der Waals surface area contributed by atoms with Crippen LogP contribution in [-0.2, 0) is 7.05 Å². The van der Waals surface area contributed by atoms with Crippen LogP contribution in [0.2, 0.25) is 0 Å². The number of aromatic nitrogens is 4. The molecule has 0 aliphatic heterocycles. The number of rotatable bonds is 6. The lowest BCUT2D eigenvalue weighted by Gasteiger charge is -2.21. The van der Waals surface area contributed by atoms with Crippen LogP contribution < -0.4 is 4.90 Å². The quantitative estimate of drug-likeness (QED) is 0.444. The minimum atomic E-state index is -1.71. The molecule has 0 radical (unpaired) electrons. The molecule has 0 bridgehead atoms. The van der Waals surface area contributed by atoms with Gasteiger partial charge < -0.3 is 9.47 Å². The summed E-state index contributed by atoms with van der Waals surface area (Å²) in [6.45, 7) is 5.87. The number of hydrogen-bond acceptors (Lipinski definition) is 5. The third-order valence-corrected chi connectivity index (χ3v) is 5.34. The molecule has 0 saturated carbocycles. The molecule has 0 amide bonds. The van der Waals surface area contributed by atoms with Gasteiger partial charge in [0.25, 0.3) is 11.9 Å². The van der Waals surface area contributed by atoms with Crippen molar-refractivity contribution >= 4 is 17.4 Å². The van der Waals surface area contributed by atoms with Crippen molar-refractivity contribution in [2.45, 2.75) is 23.9 Å². The minimum absolute atomic E-state index is 0.0746. The second-order valence-electron chi connectivity index (χ2n) is 5.84. The van der Waals surface area contributed by atoms with Crippen LogP contribution in [0.15, 0.2) is 34.3 Å². The topological polar surface area (TPSA) is 46.8 Å². The van der Waals surface area contributed by atoms with Gasteiger partial charge in [-0.25, -0.2) is 8.78 Å². The third-order valence-electron chi connectivity index (χ3n) is 4.24. The van der Waals surface area contributed by atoms with Gasteiger partial charge in [0.05, 0.1) is 4.90 Å². The molecule has 0 fully saturated rings. The minimum Gasteiger partial charge on any atom is -0.372 e. The monoisotopic (exact) mass is 411 g/mol. The standard InChI is InChI=1S/C18H17F4N5S/c1-4-27(5-2)11-8-6-10(7-9-11)17-24-25-18(26(17)3)28-14-12(19)15(21)23-16(22)13(14)20/h6-9H,4-5H2,1-3H3. The van der Waals surface area contributed by atoms with E-state index < -0.39 is 28.4 Å². The zero-order valence-electron chi connectivity index (χ0n) is 15.4. The van der Waals surface area contributed by atoms with Gasteiger partial charge in [0.1, 0.15) is 0 Å². The lowest BCUT2D eigenvalue weighted by atomic mass is 10.2. The maximum atomic E-state index is 13.8. The van der Waals surface area contributed by atoms with Crippen LogP contribution in [0.5, 0.6) is 0 Å². The Bertz CT molecular complexity index is 960. The van der Waals surface area contributed by atoms with E-state index in [0.29, 0.717) is 17.6 Å². The van der Waals surface area contributed by atoms with Crippen LogP contribution >= 0.6 is 11.8 Å². The van der Waals surface area contributed by atoms with E-state index in [0.717, 1.165) is 24.3 Å². The molecule has 0 spiro atoms. The molecule has 148 valence electrons. The van der Waals surface area contributed by atoms with Crippen molar-refractivity contribution in [1.82, 2.24) is 19.7 Å². The second kappa shape index (κ2) is 8.17. The van der Waals surface area contributed by atoms with E-state index >= 15 is 0 Å². The van der Waals surface area contributed by atoms with Gasteiger partial charge in [0, 0.05) is 31.4 Å². The van der Waals surface area contributed by atoms with Crippen molar-refractivity contribution in [2.24, 2.45) is 7.05 Å². The van der Waals surface area contributed by atoms with Gasteiger partial charge in [0.15, 0.2) is 22.6 Å². The lowest BCUT2D eigenvalue weighted by Crippen LogP contribution is -2.21. The van der Waals surface area contributed by atoms with Crippen LogP contribution in [-0.4, -0.2) is 32.8 Å². The maximum Gasteiger partial charge on any atom is 0.252 e. The molecule has 3 aromatic rings. The number of hydrogen-bond donors (Lipinski definition) is 0. The number of pyridine rings is 1. The summed E-state index contributed by atoms with van der Waals surface area (Å²) < 4.78 is 55.8. The first-order valence-corrected chi connectivity index (χ1v) is 9.31. The molecule has 5 nitrogen and oxygen atoms in total. The van der Waals surface area contributed by atoms with Crippen molar-refractivity contribution in [3.8, 4) is 11.4 Å². The average Bonchev–Trinajstić information content (AvgIpc) is 3.05. The first-order valence-electron chi connectivity index (χ1n) is 8.49. The van der Waals surface area contributed by atoms with Crippen LogP contribution in [0.1, 0.15) is 13.8 Å². The zero-order valence-corrected chi connectivity index (χ0v) is 16.2. The van der Waals surface area contributed by atoms with Crippen LogP contribution in [0.4, 0.5) is 23.2 Å². The zero-order chi connectivity index (χ0) is 20.4. The largest absolute Gasteiger partial charge is 0.372 e. The molecular formula is C18H17F4N5S. The lowest BCUT2D eigenvalue weighted by molar-refractivity contribution is 0.383. The van der Waals surface area contributed by atoms with Crippen LogP contribution in [0.25, 0.3) is 11.4 Å². The molecule has 0 N–H and O–H groups in total. The van der Waals surface area contributed by atoms with E-state index in [4.69, 9.17) is 0 Å². The second-order valence-corrected chi connectivity index (χ2v) is 6.81. The van der Waals surface area contributed by atoms with Crippen molar-refractivity contribution in [2.75, 3.05) is 18.0 Å². The van der Waals surface area contributed by atoms with Gasteiger partial charge in [-0.1, -0.05) is 0 Å².